The van der Waals surface area contributed by atoms with Crippen LogP contribution in [0.1, 0.15) is 88.6 Å². The van der Waals surface area contributed by atoms with Crippen LogP contribution in [0.5, 0.6) is 5.75 Å². The van der Waals surface area contributed by atoms with Gasteiger partial charge in [0.15, 0.2) is 0 Å². The molecule has 0 aromatic carbocycles. The number of methoxy groups -OCH3 is 1. The van der Waals surface area contributed by atoms with Crippen molar-refractivity contribution >= 4 is 17.8 Å². The minimum absolute atomic E-state index is 0.0898. The molecule has 44 heavy (non-hydrogen) atoms. The maximum absolute atomic E-state index is 14.2. The van der Waals surface area contributed by atoms with Crippen LogP contribution in [-0.2, 0) is 4.79 Å². The van der Waals surface area contributed by atoms with Gasteiger partial charge >= 0.3 is 6.09 Å². The third-order valence-corrected chi connectivity index (χ3v) is 9.47. The van der Waals surface area contributed by atoms with Gasteiger partial charge in [-0.25, -0.2) is 9.78 Å². The Morgan fingerprint density at radius 2 is 1.77 bits per heavy atom. The summed E-state index contributed by atoms with van der Waals surface area (Å²) >= 11 is 0. The Morgan fingerprint density at radius 1 is 1.05 bits per heavy atom. The fraction of sp³-hybridized carbons (Fsp3) is 0.559. The molecule has 0 unspecified atom stereocenters. The molecule has 2 aliphatic rings. The molecule has 3 aromatic heterocycles. The Labute approximate surface area is 260 Å². The number of carbonyl (C=O) groups is 2. The molecule has 0 atom stereocenters. The standard InChI is InChI=1S/C34H46N6O4/c1-22(2)40-21-29(19-37-40)28-15-16-35-32(17-28)39(33(41)27-11-5-24(6-12-27)18-36-34(42)43)20-25-7-9-26(10-8-25)30-13-14-31(44-4)23(3)38-30/h13-17,19,21-22,24-27,36H,5-12,18,20H2,1-4H3,(H,42,43). The summed E-state index contributed by atoms with van der Waals surface area (Å²) in [5.74, 6) is 2.60. The van der Waals surface area contributed by atoms with E-state index in [1.54, 1.807) is 13.3 Å². The molecule has 0 saturated heterocycles. The minimum atomic E-state index is -0.994. The lowest BCUT2D eigenvalue weighted by Crippen LogP contribution is -2.42. The number of carboxylic acid groups (broad SMARTS) is 1. The molecule has 2 amide bonds. The Kier molecular flexibility index (Phi) is 10.2. The van der Waals surface area contributed by atoms with Crippen LogP contribution < -0.4 is 15.0 Å². The highest BCUT2D eigenvalue weighted by atomic mass is 16.5. The predicted molar refractivity (Wildman–Crippen MR) is 170 cm³/mol. The lowest BCUT2D eigenvalue weighted by Gasteiger charge is -2.35. The fourth-order valence-electron chi connectivity index (χ4n) is 6.79. The smallest absolute Gasteiger partial charge is 0.404 e. The molecular formula is C34H46N6O4. The maximum Gasteiger partial charge on any atom is 0.404 e. The van der Waals surface area contributed by atoms with E-state index in [0.29, 0.717) is 30.7 Å². The van der Waals surface area contributed by atoms with E-state index in [-0.39, 0.29) is 23.8 Å². The predicted octanol–water partition coefficient (Wildman–Crippen LogP) is 6.62. The van der Waals surface area contributed by atoms with Gasteiger partial charge < -0.3 is 15.2 Å². The van der Waals surface area contributed by atoms with Crippen molar-refractivity contribution in [3.05, 3.63) is 54.2 Å². The molecule has 5 rings (SSSR count). The molecule has 10 nitrogen and oxygen atoms in total. The van der Waals surface area contributed by atoms with Crippen molar-refractivity contribution in [1.82, 2.24) is 25.1 Å². The Balaban J connectivity index is 1.31. The van der Waals surface area contributed by atoms with Crippen molar-refractivity contribution in [3.63, 3.8) is 0 Å². The summed E-state index contributed by atoms with van der Waals surface area (Å²) in [4.78, 5) is 36.7. The number of carbonyl (C=O) groups excluding carboxylic acids is 1. The zero-order valence-corrected chi connectivity index (χ0v) is 26.4. The third kappa shape index (κ3) is 7.57. The largest absolute Gasteiger partial charge is 0.495 e. The molecule has 10 heteroatoms. The van der Waals surface area contributed by atoms with Gasteiger partial charge in [-0.3, -0.25) is 19.4 Å². The minimum Gasteiger partial charge on any atom is -0.495 e. The lowest BCUT2D eigenvalue weighted by molar-refractivity contribution is -0.123. The normalized spacial score (nSPS) is 22.0. The SMILES string of the molecule is COc1ccc(C2CCC(CN(C(=O)C3CCC(CNC(=O)O)CC3)c3cc(-c4cnn(C(C)C)c4)ccn3)CC2)nc1C. The van der Waals surface area contributed by atoms with Crippen LogP contribution in [0.25, 0.3) is 11.1 Å². The molecule has 2 saturated carbocycles. The van der Waals surface area contributed by atoms with Gasteiger partial charge in [0.25, 0.3) is 0 Å². The Bertz CT molecular complexity index is 1420. The Hall–Kier alpha value is -3.95. The summed E-state index contributed by atoms with van der Waals surface area (Å²) < 4.78 is 7.34. The molecule has 0 spiro atoms. The summed E-state index contributed by atoms with van der Waals surface area (Å²) in [6.45, 7) is 7.27. The monoisotopic (exact) mass is 602 g/mol. The van der Waals surface area contributed by atoms with Crippen molar-refractivity contribution in [2.45, 2.75) is 84.1 Å². The first kappa shape index (κ1) is 31.5. The quantitative estimate of drug-likeness (QED) is 0.267. The number of nitrogens with zero attached hydrogens (tertiary/aromatic N) is 5. The second-order valence-corrected chi connectivity index (χ2v) is 12.8. The zero-order valence-electron chi connectivity index (χ0n) is 26.4. The van der Waals surface area contributed by atoms with E-state index in [2.05, 4.69) is 30.3 Å². The van der Waals surface area contributed by atoms with Crippen molar-refractivity contribution in [1.29, 1.82) is 0 Å². The van der Waals surface area contributed by atoms with Gasteiger partial charge in [0.2, 0.25) is 5.91 Å². The molecule has 236 valence electrons. The number of anilines is 1. The second-order valence-electron chi connectivity index (χ2n) is 12.8. The van der Waals surface area contributed by atoms with E-state index in [1.807, 2.05) is 47.1 Å². The van der Waals surface area contributed by atoms with Crippen molar-refractivity contribution in [3.8, 4) is 16.9 Å². The lowest BCUT2D eigenvalue weighted by atomic mass is 9.79. The van der Waals surface area contributed by atoms with Crippen LogP contribution in [-0.4, -0.2) is 57.1 Å². The van der Waals surface area contributed by atoms with Crippen molar-refractivity contribution < 1.29 is 19.4 Å². The number of hydrogen-bond acceptors (Lipinski definition) is 6. The molecule has 3 heterocycles. The first-order valence-corrected chi connectivity index (χ1v) is 16.0. The molecule has 0 aliphatic heterocycles. The van der Waals surface area contributed by atoms with Crippen LogP contribution in [0.15, 0.2) is 42.9 Å². The van der Waals surface area contributed by atoms with E-state index < -0.39 is 6.09 Å². The second kappa shape index (κ2) is 14.2. The van der Waals surface area contributed by atoms with Gasteiger partial charge in [-0.15, -0.1) is 0 Å². The molecule has 0 bridgehead atoms. The third-order valence-electron chi connectivity index (χ3n) is 9.47. The number of pyridine rings is 2. The molecule has 0 radical (unpaired) electrons. The Morgan fingerprint density at radius 3 is 2.41 bits per heavy atom. The number of rotatable bonds is 10. The van der Waals surface area contributed by atoms with E-state index in [1.165, 1.54) is 0 Å². The number of nitrogens with one attached hydrogen (secondary N) is 1. The van der Waals surface area contributed by atoms with Gasteiger partial charge in [-0.05, 0) is 114 Å². The topological polar surface area (TPSA) is 122 Å². The average molecular weight is 603 g/mol. The van der Waals surface area contributed by atoms with Gasteiger partial charge in [-0.1, -0.05) is 0 Å². The van der Waals surface area contributed by atoms with Gasteiger partial charge in [0.05, 0.1) is 19.0 Å². The average Bonchev–Trinajstić information content (AvgIpc) is 3.54. The van der Waals surface area contributed by atoms with E-state index in [9.17, 15) is 9.59 Å². The molecule has 2 N–H and O–H groups in total. The number of ether oxygens (including phenoxy) is 1. The van der Waals surface area contributed by atoms with Crippen LogP contribution in [0.2, 0.25) is 0 Å². The summed E-state index contributed by atoms with van der Waals surface area (Å²) in [6.07, 6.45) is 12.0. The van der Waals surface area contributed by atoms with Crippen LogP contribution in [0, 0.1) is 24.7 Å². The van der Waals surface area contributed by atoms with Gasteiger partial charge in [-0.2, -0.15) is 5.10 Å². The van der Waals surface area contributed by atoms with E-state index in [4.69, 9.17) is 19.8 Å². The van der Waals surface area contributed by atoms with E-state index in [0.717, 1.165) is 79.6 Å². The summed E-state index contributed by atoms with van der Waals surface area (Å²) in [5.41, 5.74) is 4.04. The van der Waals surface area contributed by atoms with Crippen LogP contribution in [0.4, 0.5) is 10.6 Å². The summed E-state index contributed by atoms with van der Waals surface area (Å²) in [5, 5.41) is 16.0. The van der Waals surface area contributed by atoms with E-state index >= 15 is 0 Å². The number of aryl methyl sites for hydroxylation is 1. The fourth-order valence-corrected chi connectivity index (χ4v) is 6.79. The molecule has 2 fully saturated rings. The number of amides is 2. The highest BCUT2D eigenvalue weighted by molar-refractivity contribution is 5.94. The summed E-state index contributed by atoms with van der Waals surface area (Å²) in [6, 6.07) is 8.36. The first-order chi connectivity index (χ1) is 21.2. The molecular weight excluding hydrogens is 556 g/mol. The van der Waals surface area contributed by atoms with Crippen molar-refractivity contribution in [2.24, 2.45) is 17.8 Å². The molecule has 3 aromatic rings. The van der Waals surface area contributed by atoms with Crippen molar-refractivity contribution in [2.75, 3.05) is 25.1 Å². The summed E-state index contributed by atoms with van der Waals surface area (Å²) in [7, 11) is 1.67. The van der Waals surface area contributed by atoms with Gasteiger partial charge in [0, 0.05) is 54.6 Å². The van der Waals surface area contributed by atoms with Gasteiger partial charge in [0.1, 0.15) is 11.6 Å². The highest BCUT2D eigenvalue weighted by Crippen LogP contribution is 2.38. The zero-order chi connectivity index (χ0) is 31.2. The van der Waals surface area contributed by atoms with Crippen LogP contribution in [0.3, 0.4) is 0 Å². The number of aromatic nitrogens is 4. The highest BCUT2D eigenvalue weighted by Gasteiger charge is 2.33. The number of hydrogen-bond donors (Lipinski definition) is 2. The maximum atomic E-state index is 14.2. The first-order valence-electron chi connectivity index (χ1n) is 16.0. The van der Waals surface area contributed by atoms with Crippen LogP contribution >= 0.6 is 0 Å². The molecule has 2 aliphatic carbocycles.